The predicted molar refractivity (Wildman–Crippen MR) is 71.9 cm³/mol. The van der Waals surface area contributed by atoms with Gasteiger partial charge < -0.3 is 34.0 Å². The predicted octanol–water partition coefficient (Wildman–Crippen LogP) is -5.00. The molecule has 0 radical (unpaired) electrons. The molecule has 0 N–H and O–H groups in total. The van der Waals surface area contributed by atoms with Crippen molar-refractivity contribution in [1.82, 2.24) is 0 Å². The van der Waals surface area contributed by atoms with Gasteiger partial charge in [-0.2, -0.15) is 11.3 Å². The summed E-state index contributed by atoms with van der Waals surface area (Å²) in [5, 5.41) is 3.53. The van der Waals surface area contributed by atoms with Crippen molar-refractivity contribution in [1.29, 1.82) is 0 Å². The van der Waals surface area contributed by atoms with E-state index in [1.807, 2.05) is 12.1 Å². The minimum atomic E-state index is 0. The molecule has 0 bridgehead atoms. The molecule has 19 heavy (non-hydrogen) atoms. The molecule has 0 saturated carbocycles. The summed E-state index contributed by atoms with van der Waals surface area (Å²) in [6.07, 6.45) is 0. The zero-order valence-electron chi connectivity index (χ0n) is 10.6. The Morgan fingerprint density at radius 1 is 0.895 bits per heavy atom. The van der Waals surface area contributed by atoms with Crippen LogP contribution in [0.15, 0.2) is 53.9 Å². The molecule has 3 aromatic rings. The van der Waals surface area contributed by atoms with Crippen LogP contribution in [0.3, 0.4) is 0 Å². The summed E-state index contributed by atoms with van der Waals surface area (Å²) in [6.45, 7) is 0. The van der Waals surface area contributed by atoms with Crippen LogP contribution in [-0.2, 0) is 0 Å². The standard InChI is InChI=1S/C14H9S.2BrH.Li.Mg/c1-2-6-11(7-3-1)13-10-15-14-9-5-4-8-12(13)14;;;;/h1-6,8-10H;2*1H;;/q-1;;;+1;+2/p-2. The quantitative estimate of drug-likeness (QED) is 0.284. The van der Waals surface area contributed by atoms with E-state index in [9.17, 15) is 0 Å². The summed E-state index contributed by atoms with van der Waals surface area (Å²) in [5.41, 5.74) is 2.46. The van der Waals surface area contributed by atoms with E-state index < -0.39 is 0 Å². The summed E-state index contributed by atoms with van der Waals surface area (Å²) >= 11 is 1.79. The first-order chi connectivity index (χ1) is 7.45. The van der Waals surface area contributed by atoms with Crippen LogP contribution in [0.25, 0.3) is 21.2 Å². The summed E-state index contributed by atoms with van der Waals surface area (Å²) in [4.78, 5) is 0. The second-order valence-electron chi connectivity index (χ2n) is 3.42. The molecule has 0 fully saturated rings. The van der Waals surface area contributed by atoms with Crippen molar-refractivity contribution in [3.05, 3.63) is 60.0 Å². The summed E-state index contributed by atoms with van der Waals surface area (Å²) in [7, 11) is 0. The number of hydrogen-bond donors (Lipinski definition) is 0. The second-order valence-corrected chi connectivity index (χ2v) is 4.33. The Kier molecular flexibility index (Phi) is 12.1. The van der Waals surface area contributed by atoms with E-state index in [4.69, 9.17) is 0 Å². The molecule has 0 saturated heterocycles. The van der Waals surface area contributed by atoms with Crippen molar-refractivity contribution in [2.45, 2.75) is 0 Å². The first-order valence-electron chi connectivity index (χ1n) is 4.88. The van der Waals surface area contributed by atoms with Gasteiger partial charge in [-0.25, -0.2) is 0 Å². The molecule has 0 spiro atoms. The summed E-state index contributed by atoms with van der Waals surface area (Å²) < 4.78 is 1.34. The molecule has 1 heterocycles. The van der Waals surface area contributed by atoms with Crippen molar-refractivity contribution >= 4 is 44.5 Å². The number of thiophene rings is 1. The van der Waals surface area contributed by atoms with E-state index in [0.29, 0.717) is 0 Å². The first-order valence-corrected chi connectivity index (χ1v) is 5.76. The van der Waals surface area contributed by atoms with E-state index >= 15 is 0 Å². The first kappa shape index (κ1) is 22.0. The molecular formula is C14H9Br2LiMgS. The monoisotopic (exact) mass is 398 g/mol. The third-order valence-electron chi connectivity index (χ3n) is 2.48. The molecule has 5 heteroatoms. The van der Waals surface area contributed by atoms with Gasteiger partial charge in [-0.05, 0) is 16.8 Å². The largest absolute Gasteiger partial charge is 2.00 e. The Morgan fingerprint density at radius 2 is 1.58 bits per heavy atom. The van der Waals surface area contributed by atoms with E-state index in [1.165, 1.54) is 21.2 Å². The fourth-order valence-electron chi connectivity index (χ4n) is 1.75. The fourth-order valence-corrected chi connectivity index (χ4v) is 2.71. The van der Waals surface area contributed by atoms with Crippen molar-refractivity contribution in [2.75, 3.05) is 0 Å². The second kappa shape index (κ2) is 10.5. The van der Waals surface area contributed by atoms with Gasteiger partial charge in [-0.15, -0.1) is 35.9 Å². The molecule has 3 rings (SSSR count). The van der Waals surface area contributed by atoms with Gasteiger partial charge in [0, 0.05) is 4.70 Å². The minimum absolute atomic E-state index is 0. The van der Waals surface area contributed by atoms with Crippen molar-refractivity contribution in [3.8, 4) is 11.1 Å². The Bertz CT molecular complexity index is 598. The van der Waals surface area contributed by atoms with Gasteiger partial charge >= 0.3 is 41.9 Å². The average molecular weight is 400 g/mol. The van der Waals surface area contributed by atoms with Gasteiger partial charge in [0.2, 0.25) is 0 Å². The van der Waals surface area contributed by atoms with Gasteiger partial charge in [-0.1, -0.05) is 23.8 Å². The maximum absolute atomic E-state index is 3.27. The van der Waals surface area contributed by atoms with E-state index in [0.717, 1.165) is 0 Å². The van der Waals surface area contributed by atoms with Crippen LogP contribution in [0.5, 0.6) is 0 Å². The molecule has 0 aliphatic rings. The molecule has 0 nitrogen and oxygen atoms in total. The zero-order valence-corrected chi connectivity index (χ0v) is 16.0. The smallest absolute Gasteiger partial charge is 1.00 e. The van der Waals surface area contributed by atoms with Crippen LogP contribution in [0.1, 0.15) is 0 Å². The maximum Gasteiger partial charge on any atom is 2.00 e. The van der Waals surface area contributed by atoms with Gasteiger partial charge in [0.15, 0.2) is 0 Å². The van der Waals surface area contributed by atoms with Crippen molar-refractivity contribution in [3.63, 3.8) is 0 Å². The van der Waals surface area contributed by atoms with Crippen LogP contribution < -0.4 is 52.8 Å². The zero-order chi connectivity index (χ0) is 10.1. The van der Waals surface area contributed by atoms with E-state index in [1.54, 1.807) is 11.3 Å². The summed E-state index contributed by atoms with van der Waals surface area (Å²) in [5.74, 6) is 0. The molecule has 0 atom stereocenters. The molecule has 0 amide bonds. The Balaban J connectivity index is 0. The minimum Gasteiger partial charge on any atom is -1.00 e. The number of halogens is 2. The van der Waals surface area contributed by atoms with Crippen molar-refractivity contribution < 1.29 is 52.8 Å². The molecule has 88 valence electrons. The Hall–Kier alpha value is 0.724. The molecule has 0 aliphatic carbocycles. The fraction of sp³-hybridized carbons (Fsp3) is 0. The maximum atomic E-state index is 3.27. The molecule has 0 unspecified atom stereocenters. The third-order valence-corrected chi connectivity index (χ3v) is 3.44. The van der Waals surface area contributed by atoms with Gasteiger partial charge in [0.1, 0.15) is 0 Å². The van der Waals surface area contributed by atoms with Gasteiger partial charge in [-0.3, -0.25) is 0 Å². The average Bonchev–Trinajstić information content (AvgIpc) is 2.74. The van der Waals surface area contributed by atoms with Crippen LogP contribution in [-0.4, -0.2) is 23.1 Å². The molecular weight excluding hydrogens is 391 g/mol. The Morgan fingerprint density at radius 3 is 2.26 bits per heavy atom. The van der Waals surface area contributed by atoms with Crippen LogP contribution in [0.4, 0.5) is 0 Å². The van der Waals surface area contributed by atoms with Crippen LogP contribution >= 0.6 is 11.3 Å². The number of rotatable bonds is 1. The topological polar surface area (TPSA) is 0 Å². The molecule has 0 aliphatic heterocycles. The van der Waals surface area contributed by atoms with Crippen molar-refractivity contribution in [2.24, 2.45) is 0 Å². The van der Waals surface area contributed by atoms with Gasteiger partial charge in [0.25, 0.3) is 0 Å². The number of hydrogen-bond acceptors (Lipinski definition) is 1. The molecule has 1 aromatic heterocycles. The SMILES string of the molecule is [Br-].[Br-].[Li+].[Mg+2].[c-]1ccccc1-c1csc2ccccc12. The van der Waals surface area contributed by atoms with Crippen LogP contribution in [0.2, 0.25) is 0 Å². The summed E-state index contributed by atoms with van der Waals surface area (Å²) in [6, 6.07) is 19.9. The normalized spacial score (nSPS) is 8.42. The molecule has 2 aromatic carbocycles. The van der Waals surface area contributed by atoms with Gasteiger partial charge in [0.05, 0.1) is 0 Å². The number of benzene rings is 2. The number of fused-ring (bicyclic) bond motifs is 1. The van der Waals surface area contributed by atoms with E-state index in [2.05, 4.69) is 47.8 Å². The van der Waals surface area contributed by atoms with E-state index in [-0.39, 0.29) is 75.9 Å². The van der Waals surface area contributed by atoms with Crippen LogP contribution in [0, 0.1) is 6.07 Å². The third kappa shape index (κ3) is 4.89. The Labute approximate surface area is 166 Å².